The number of hydrogen-bond acceptors (Lipinski definition) is 6. The van der Waals surface area contributed by atoms with E-state index >= 15 is 0 Å². The van der Waals surface area contributed by atoms with Gasteiger partial charge in [0.2, 0.25) is 0 Å². The zero-order chi connectivity index (χ0) is 17.2. The number of rotatable bonds is 5. The first-order valence-electron chi connectivity index (χ1n) is 7.53. The minimum Gasteiger partial charge on any atom is -0.469 e. The molecule has 2 aromatic rings. The molecule has 0 spiro atoms. The molecule has 1 aliphatic rings. The van der Waals surface area contributed by atoms with Crippen molar-refractivity contribution in [3.8, 4) is 10.9 Å². The molecule has 9 heteroatoms. The quantitative estimate of drug-likeness (QED) is 0.813. The van der Waals surface area contributed by atoms with Gasteiger partial charge in [-0.3, -0.25) is 0 Å². The second-order valence-electron chi connectivity index (χ2n) is 5.26. The number of aryl methyl sites for hydroxylation is 1. The number of aromatic nitrogens is 2. The molecule has 5 nitrogen and oxygen atoms in total. The molecule has 0 radical (unpaired) electrons. The first-order valence-corrected chi connectivity index (χ1v) is 8.35. The van der Waals surface area contributed by atoms with Gasteiger partial charge in [0.15, 0.2) is 0 Å². The third-order valence-corrected chi connectivity index (χ3v) is 4.36. The molecule has 0 fully saturated rings. The van der Waals surface area contributed by atoms with Crippen LogP contribution in [-0.2, 0) is 13.0 Å². The van der Waals surface area contributed by atoms with Crippen LogP contribution >= 0.6 is 11.3 Å². The van der Waals surface area contributed by atoms with Gasteiger partial charge in [-0.25, -0.2) is 0 Å². The molecule has 0 aliphatic carbocycles. The minimum atomic E-state index is -4.68. The molecule has 1 aromatic carbocycles. The molecule has 0 amide bonds. The molecule has 1 aromatic heterocycles. The predicted molar refractivity (Wildman–Crippen MR) is 83.6 cm³/mol. The first kappa shape index (κ1) is 16.8. The van der Waals surface area contributed by atoms with Gasteiger partial charge < -0.3 is 14.4 Å². The monoisotopic (exact) mass is 359 g/mol. The fourth-order valence-corrected chi connectivity index (χ4v) is 3.42. The third kappa shape index (κ3) is 4.08. The van der Waals surface area contributed by atoms with Gasteiger partial charge >= 0.3 is 6.36 Å². The topological polar surface area (TPSA) is 47.5 Å². The summed E-state index contributed by atoms with van der Waals surface area (Å²) in [5.41, 5.74) is 1.75. The Labute approximate surface area is 141 Å². The van der Waals surface area contributed by atoms with E-state index in [2.05, 4.69) is 19.8 Å². The van der Waals surface area contributed by atoms with Crippen LogP contribution in [0.15, 0.2) is 18.2 Å². The van der Waals surface area contributed by atoms with Crippen LogP contribution in [0.2, 0.25) is 0 Å². The second kappa shape index (κ2) is 6.84. The van der Waals surface area contributed by atoms with Crippen molar-refractivity contribution in [3.05, 3.63) is 28.8 Å². The summed E-state index contributed by atoms with van der Waals surface area (Å²) in [5.74, 6) is -0.183. The van der Waals surface area contributed by atoms with Crippen molar-refractivity contribution in [1.82, 2.24) is 10.2 Å². The second-order valence-corrected chi connectivity index (χ2v) is 6.28. The molecular weight excluding hydrogens is 343 g/mol. The van der Waals surface area contributed by atoms with Crippen LogP contribution in [0, 0.1) is 0 Å². The van der Waals surface area contributed by atoms with Crippen molar-refractivity contribution >= 4 is 17.0 Å². The zero-order valence-corrected chi connectivity index (χ0v) is 13.8. The lowest BCUT2D eigenvalue weighted by atomic mass is 10.0. The zero-order valence-electron chi connectivity index (χ0n) is 13.0. The van der Waals surface area contributed by atoms with E-state index in [4.69, 9.17) is 4.74 Å². The van der Waals surface area contributed by atoms with Gasteiger partial charge in [-0.1, -0.05) is 16.4 Å². The van der Waals surface area contributed by atoms with Gasteiger partial charge in [0.05, 0.1) is 13.2 Å². The van der Waals surface area contributed by atoms with Crippen molar-refractivity contribution in [2.75, 3.05) is 18.1 Å². The van der Waals surface area contributed by atoms with Gasteiger partial charge in [0.1, 0.15) is 10.8 Å². The standard InChI is InChI=1S/C15H16F3N3O2S/c1-2-22-14-20-19-13(24-14)9-21-7-3-4-10-8-11(5-6-12(10)21)23-15(16,17)18/h5-6,8H,2-4,7,9H2,1H3. The van der Waals surface area contributed by atoms with Gasteiger partial charge in [-0.2, -0.15) is 0 Å². The molecule has 0 bridgehead atoms. The highest BCUT2D eigenvalue weighted by Crippen LogP contribution is 2.34. The maximum atomic E-state index is 12.3. The van der Waals surface area contributed by atoms with Crippen LogP contribution in [0.1, 0.15) is 23.9 Å². The van der Waals surface area contributed by atoms with E-state index in [1.54, 1.807) is 6.07 Å². The van der Waals surface area contributed by atoms with Crippen LogP contribution in [-0.4, -0.2) is 29.7 Å². The number of halogens is 3. The molecule has 0 saturated carbocycles. The van der Waals surface area contributed by atoms with Gasteiger partial charge in [0, 0.05) is 12.2 Å². The van der Waals surface area contributed by atoms with E-state index in [9.17, 15) is 13.2 Å². The minimum absolute atomic E-state index is 0.183. The van der Waals surface area contributed by atoms with Gasteiger partial charge in [-0.05, 0) is 43.5 Å². The fraction of sp³-hybridized carbons (Fsp3) is 0.467. The van der Waals surface area contributed by atoms with Gasteiger partial charge in [0.25, 0.3) is 5.19 Å². The summed E-state index contributed by atoms with van der Waals surface area (Å²) >= 11 is 1.38. The van der Waals surface area contributed by atoms with Crippen LogP contribution in [0.3, 0.4) is 0 Å². The van der Waals surface area contributed by atoms with Crippen molar-refractivity contribution in [3.63, 3.8) is 0 Å². The molecule has 0 unspecified atom stereocenters. The highest BCUT2D eigenvalue weighted by molar-refractivity contribution is 7.13. The summed E-state index contributed by atoms with van der Waals surface area (Å²) in [6.07, 6.45) is -3.09. The highest BCUT2D eigenvalue weighted by atomic mass is 32.1. The molecular formula is C15H16F3N3O2S. The lowest BCUT2D eigenvalue weighted by Gasteiger charge is -2.30. The van der Waals surface area contributed by atoms with Crippen molar-refractivity contribution < 1.29 is 22.6 Å². The van der Waals surface area contributed by atoms with E-state index < -0.39 is 6.36 Å². The predicted octanol–water partition coefficient (Wildman–Crippen LogP) is 3.79. The summed E-state index contributed by atoms with van der Waals surface area (Å²) in [6, 6.07) is 4.47. The SMILES string of the molecule is CCOc1nnc(CN2CCCc3cc(OC(F)(F)F)ccc32)s1. The van der Waals surface area contributed by atoms with E-state index in [0.29, 0.717) is 18.3 Å². The lowest BCUT2D eigenvalue weighted by molar-refractivity contribution is -0.274. The Bertz CT molecular complexity index is 706. The average Bonchev–Trinajstić information content (AvgIpc) is 2.93. The summed E-state index contributed by atoms with van der Waals surface area (Å²) < 4.78 is 46.3. The molecule has 1 aliphatic heterocycles. The van der Waals surface area contributed by atoms with E-state index in [1.165, 1.54) is 23.5 Å². The summed E-state index contributed by atoms with van der Waals surface area (Å²) in [4.78, 5) is 2.09. The number of anilines is 1. The Morgan fingerprint density at radius 1 is 1.29 bits per heavy atom. The average molecular weight is 359 g/mol. The van der Waals surface area contributed by atoms with Crippen molar-refractivity contribution in [1.29, 1.82) is 0 Å². The highest BCUT2D eigenvalue weighted by Gasteiger charge is 2.31. The molecule has 0 atom stereocenters. The van der Waals surface area contributed by atoms with Crippen molar-refractivity contribution in [2.24, 2.45) is 0 Å². The maximum absolute atomic E-state index is 12.3. The maximum Gasteiger partial charge on any atom is 0.573 e. The lowest BCUT2D eigenvalue weighted by Crippen LogP contribution is -2.29. The number of ether oxygens (including phenoxy) is 2. The van der Waals surface area contributed by atoms with Crippen LogP contribution in [0.25, 0.3) is 0 Å². The molecule has 24 heavy (non-hydrogen) atoms. The number of nitrogens with zero attached hydrogens (tertiary/aromatic N) is 3. The van der Waals surface area contributed by atoms with E-state index in [1.807, 2.05) is 6.92 Å². The Morgan fingerprint density at radius 2 is 2.12 bits per heavy atom. The van der Waals surface area contributed by atoms with Crippen molar-refractivity contribution in [2.45, 2.75) is 32.7 Å². The van der Waals surface area contributed by atoms with Gasteiger partial charge in [-0.15, -0.1) is 18.3 Å². The van der Waals surface area contributed by atoms with Crippen LogP contribution < -0.4 is 14.4 Å². The molecule has 2 heterocycles. The molecule has 0 saturated heterocycles. The van der Waals surface area contributed by atoms with E-state index in [-0.39, 0.29) is 5.75 Å². The summed E-state index contributed by atoms with van der Waals surface area (Å²) in [6.45, 7) is 3.78. The van der Waals surface area contributed by atoms with Crippen LogP contribution in [0.5, 0.6) is 10.9 Å². The Balaban J connectivity index is 1.75. The number of alkyl halides is 3. The Kier molecular flexibility index (Phi) is 4.79. The Hall–Kier alpha value is -2.03. The Morgan fingerprint density at radius 3 is 2.88 bits per heavy atom. The molecule has 3 rings (SSSR count). The normalized spacial score (nSPS) is 14.4. The smallest absolute Gasteiger partial charge is 0.469 e. The first-order chi connectivity index (χ1) is 11.4. The number of benzene rings is 1. The number of hydrogen-bond donors (Lipinski definition) is 0. The summed E-state index contributed by atoms with van der Waals surface area (Å²) in [5, 5.41) is 9.39. The molecule has 0 N–H and O–H groups in total. The number of fused-ring (bicyclic) bond motifs is 1. The summed E-state index contributed by atoms with van der Waals surface area (Å²) in [7, 11) is 0. The largest absolute Gasteiger partial charge is 0.573 e. The van der Waals surface area contributed by atoms with Crippen LogP contribution in [0.4, 0.5) is 18.9 Å². The fourth-order valence-electron chi connectivity index (χ4n) is 2.66. The molecule has 130 valence electrons. The van der Waals surface area contributed by atoms with E-state index in [0.717, 1.165) is 35.6 Å². The third-order valence-electron chi connectivity index (χ3n) is 3.54.